The van der Waals surface area contributed by atoms with Crippen LogP contribution in [0.5, 0.6) is 0 Å². The van der Waals surface area contributed by atoms with Gasteiger partial charge < -0.3 is 0 Å². The van der Waals surface area contributed by atoms with Crippen LogP contribution in [-0.2, 0) is 0 Å². The summed E-state index contributed by atoms with van der Waals surface area (Å²) in [6.07, 6.45) is 6.87. The van der Waals surface area contributed by atoms with Crippen molar-refractivity contribution in [3.8, 4) is 0 Å². The fourth-order valence-electron chi connectivity index (χ4n) is 0.819. The van der Waals surface area contributed by atoms with E-state index >= 15 is 0 Å². The van der Waals surface area contributed by atoms with Gasteiger partial charge in [0.05, 0.1) is 0 Å². The molecule has 0 aromatic carbocycles. The monoisotopic (exact) mass is 183 g/mol. The van der Waals surface area contributed by atoms with Gasteiger partial charge >= 0.3 is 0 Å². The van der Waals surface area contributed by atoms with Crippen molar-refractivity contribution < 1.29 is 0 Å². The van der Waals surface area contributed by atoms with Crippen molar-refractivity contribution in [1.82, 2.24) is 15.0 Å². The molecule has 1 aromatic heterocycles. The highest BCUT2D eigenvalue weighted by molar-refractivity contribution is 7.99. The summed E-state index contributed by atoms with van der Waals surface area (Å²) in [5.41, 5.74) is 0. The Labute approximate surface area is 77.0 Å². The Balaban J connectivity index is 2.16. The lowest BCUT2D eigenvalue weighted by molar-refractivity contribution is 0.776. The van der Waals surface area contributed by atoms with Crippen molar-refractivity contribution >= 4 is 11.8 Å². The first kappa shape index (κ1) is 9.45. The smallest absolute Gasteiger partial charge is 0.190 e. The van der Waals surface area contributed by atoms with Gasteiger partial charge in [0.25, 0.3) is 0 Å². The third-order valence-electron chi connectivity index (χ3n) is 1.45. The quantitative estimate of drug-likeness (QED) is 0.518. The first-order chi connectivity index (χ1) is 5.93. The molecule has 0 N–H and O–H groups in total. The standard InChI is InChI=1S/C8H13N3S/c1-2-3-4-5-12-8-10-6-9-7-11-8/h6-7H,2-5H2,1H3. The van der Waals surface area contributed by atoms with Crippen LogP contribution in [0.3, 0.4) is 0 Å². The Morgan fingerprint density at radius 2 is 2.00 bits per heavy atom. The topological polar surface area (TPSA) is 38.7 Å². The predicted octanol–water partition coefficient (Wildman–Crippen LogP) is 2.15. The molecule has 12 heavy (non-hydrogen) atoms. The summed E-state index contributed by atoms with van der Waals surface area (Å²) < 4.78 is 0. The van der Waals surface area contributed by atoms with E-state index in [1.165, 1.54) is 31.9 Å². The molecule has 0 amide bonds. The molecule has 0 unspecified atom stereocenters. The summed E-state index contributed by atoms with van der Waals surface area (Å²) in [5.74, 6) is 1.11. The maximum absolute atomic E-state index is 4.02. The van der Waals surface area contributed by atoms with Gasteiger partial charge in [0.2, 0.25) is 0 Å². The van der Waals surface area contributed by atoms with Crippen LogP contribution in [0.2, 0.25) is 0 Å². The van der Waals surface area contributed by atoms with Gasteiger partial charge in [-0.2, -0.15) is 0 Å². The second-order valence-electron chi connectivity index (χ2n) is 2.48. The molecule has 0 fully saturated rings. The van der Waals surface area contributed by atoms with Crippen LogP contribution in [0.15, 0.2) is 17.8 Å². The lowest BCUT2D eigenvalue weighted by Gasteiger charge is -1.96. The average molecular weight is 183 g/mol. The minimum atomic E-state index is 0.834. The Morgan fingerprint density at radius 1 is 1.25 bits per heavy atom. The largest absolute Gasteiger partial charge is 0.225 e. The van der Waals surface area contributed by atoms with Gasteiger partial charge in [0, 0.05) is 5.75 Å². The number of rotatable bonds is 5. The van der Waals surface area contributed by atoms with Crippen LogP contribution in [-0.4, -0.2) is 20.7 Å². The summed E-state index contributed by atoms with van der Waals surface area (Å²) in [4.78, 5) is 11.8. The molecular weight excluding hydrogens is 170 g/mol. The molecule has 0 aliphatic rings. The van der Waals surface area contributed by atoms with E-state index < -0.39 is 0 Å². The number of nitrogens with zero attached hydrogens (tertiary/aromatic N) is 3. The third kappa shape index (κ3) is 3.67. The maximum atomic E-state index is 4.02. The van der Waals surface area contributed by atoms with Crippen molar-refractivity contribution in [3.05, 3.63) is 12.7 Å². The molecular formula is C8H13N3S. The fraction of sp³-hybridized carbons (Fsp3) is 0.625. The van der Waals surface area contributed by atoms with Crippen molar-refractivity contribution in [1.29, 1.82) is 0 Å². The zero-order valence-corrected chi connectivity index (χ0v) is 8.05. The van der Waals surface area contributed by atoms with Crippen molar-refractivity contribution in [3.63, 3.8) is 0 Å². The third-order valence-corrected chi connectivity index (χ3v) is 2.41. The highest BCUT2D eigenvalue weighted by atomic mass is 32.2. The molecule has 1 rings (SSSR count). The molecule has 3 nitrogen and oxygen atoms in total. The molecule has 0 spiro atoms. The molecule has 0 radical (unpaired) electrons. The second kappa shape index (κ2) is 5.94. The molecule has 1 aromatic rings. The molecule has 0 saturated heterocycles. The highest BCUT2D eigenvalue weighted by Crippen LogP contribution is 2.12. The molecule has 0 saturated carbocycles. The van der Waals surface area contributed by atoms with Crippen LogP contribution in [0, 0.1) is 0 Å². The Morgan fingerprint density at radius 3 is 2.67 bits per heavy atom. The summed E-state index contributed by atoms with van der Waals surface area (Å²) >= 11 is 1.70. The maximum Gasteiger partial charge on any atom is 0.190 e. The number of thioether (sulfide) groups is 1. The second-order valence-corrected chi connectivity index (χ2v) is 3.54. The van der Waals surface area contributed by atoms with E-state index in [9.17, 15) is 0 Å². The molecule has 0 atom stereocenters. The van der Waals surface area contributed by atoms with Gasteiger partial charge in [-0.25, -0.2) is 15.0 Å². The number of hydrogen-bond donors (Lipinski definition) is 0. The van der Waals surface area contributed by atoms with Crippen LogP contribution in [0.4, 0.5) is 0 Å². The van der Waals surface area contributed by atoms with Crippen LogP contribution in [0.25, 0.3) is 0 Å². The molecule has 0 bridgehead atoms. The first-order valence-corrected chi connectivity index (χ1v) is 5.17. The SMILES string of the molecule is CCCCCSc1ncncn1. The summed E-state index contributed by atoms with van der Waals surface area (Å²) in [6, 6.07) is 0. The van der Waals surface area contributed by atoms with E-state index in [-0.39, 0.29) is 0 Å². The minimum absolute atomic E-state index is 0.834. The summed E-state index contributed by atoms with van der Waals surface area (Å²) in [6.45, 7) is 2.20. The number of unbranched alkanes of at least 4 members (excludes halogenated alkanes) is 2. The van der Waals surface area contributed by atoms with Crippen molar-refractivity contribution in [2.24, 2.45) is 0 Å². The lowest BCUT2D eigenvalue weighted by Crippen LogP contribution is -1.87. The summed E-state index contributed by atoms with van der Waals surface area (Å²) in [7, 11) is 0. The van der Waals surface area contributed by atoms with E-state index in [0.29, 0.717) is 0 Å². The Hall–Kier alpha value is -0.640. The van der Waals surface area contributed by atoms with Gasteiger partial charge in [-0.1, -0.05) is 31.5 Å². The van der Waals surface area contributed by atoms with E-state index in [0.717, 1.165) is 10.9 Å². The van der Waals surface area contributed by atoms with Gasteiger partial charge in [0.1, 0.15) is 12.7 Å². The average Bonchev–Trinajstić information content (AvgIpc) is 2.14. The van der Waals surface area contributed by atoms with Gasteiger partial charge in [-0.15, -0.1) is 0 Å². The van der Waals surface area contributed by atoms with Crippen LogP contribution >= 0.6 is 11.8 Å². The Bertz CT molecular complexity index is 203. The van der Waals surface area contributed by atoms with Gasteiger partial charge in [0.15, 0.2) is 5.16 Å². The molecule has 1 heterocycles. The predicted molar refractivity (Wildman–Crippen MR) is 50.1 cm³/mol. The van der Waals surface area contributed by atoms with Crippen molar-refractivity contribution in [2.75, 3.05) is 5.75 Å². The lowest BCUT2D eigenvalue weighted by atomic mass is 10.3. The van der Waals surface area contributed by atoms with Crippen LogP contribution in [0.1, 0.15) is 26.2 Å². The van der Waals surface area contributed by atoms with E-state index in [1.807, 2.05) is 0 Å². The Kier molecular flexibility index (Phi) is 4.68. The van der Waals surface area contributed by atoms with Crippen molar-refractivity contribution in [2.45, 2.75) is 31.3 Å². The number of aromatic nitrogens is 3. The first-order valence-electron chi connectivity index (χ1n) is 4.18. The minimum Gasteiger partial charge on any atom is -0.225 e. The zero-order chi connectivity index (χ0) is 8.65. The molecule has 66 valence electrons. The van der Waals surface area contributed by atoms with E-state index in [2.05, 4.69) is 21.9 Å². The van der Waals surface area contributed by atoms with E-state index in [4.69, 9.17) is 0 Å². The normalized spacial score (nSPS) is 10.1. The molecule has 0 aliphatic heterocycles. The fourth-order valence-corrected chi connectivity index (χ4v) is 1.59. The zero-order valence-electron chi connectivity index (χ0n) is 7.23. The van der Waals surface area contributed by atoms with E-state index in [1.54, 1.807) is 11.8 Å². The number of hydrogen-bond acceptors (Lipinski definition) is 4. The molecule has 0 aliphatic carbocycles. The molecule has 4 heteroatoms. The van der Waals surface area contributed by atoms with Gasteiger partial charge in [-0.3, -0.25) is 0 Å². The van der Waals surface area contributed by atoms with Crippen LogP contribution < -0.4 is 0 Å². The highest BCUT2D eigenvalue weighted by Gasteiger charge is 1.94. The summed E-state index contributed by atoms with van der Waals surface area (Å²) in [5, 5.41) is 0.834. The van der Waals surface area contributed by atoms with Gasteiger partial charge in [-0.05, 0) is 6.42 Å².